The second-order valence-corrected chi connectivity index (χ2v) is 3.78. The van der Waals surface area contributed by atoms with Gasteiger partial charge in [0.2, 0.25) is 5.69 Å². The molecule has 8 heteroatoms. The average molecular weight is 276 g/mol. The third kappa shape index (κ3) is 2.18. The van der Waals surface area contributed by atoms with Crippen LogP contribution in [0.15, 0.2) is 28.2 Å². The zero-order valence-corrected chi connectivity index (χ0v) is 10.8. The Morgan fingerprint density at radius 3 is 2.30 bits per heavy atom. The SMILES string of the molecule is COc1cccc(OC)c1-c1nc(N)c(N=O)c(=O)[nH]1. The van der Waals surface area contributed by atoms with Crippen LogP contribution in [0.3, 0.4) is 0 Å². The van der Waals surface area contributed by atoms with Crippen LogP contribution < -0.4 is 20.8 Å². The molecule has 0 spiro atoms. The zero-order chi connectivity index (χ0) is 14.7. The maximum Gasteiger partial charge on any atom is 0.282 e. The summed E-state index contributed by atoms with van der Waals surface area (Å²) in [5.74, 6) is 0.762. The van der Waals surface area contributed by atoms with Crippen molar-refractivity contribution in [2.75, 3.05) is 20.0 Å². The van der Waals surface area contributed by atoms with Crippen LogP contribution in [-0.2, 0) is 0 Å². The van der Waals surface area contributed by atoms with E-state index in [4.69, 9.17) is 15.2 Å². The molecule has 1 aromatic carbocycles. The fourth-order valence-electron chi connectivity index (χ4n) is 1.78. The molecule has 104 valence electrons. The molecule has 0 atom stereocenters. The predicted molar refractivity (Wildman–Crippen MR) is 73.3 cm³/mol. The van der Waals surface area contributed by atoms with Gasteiger partial charge >= 0.3 is 0 Å². The van der Waals surface area contributed by atoms with Gasteiger partial charge in [0.05, 0.1) is 14.2 Å². The molecule has 0 saturated heterocycles. The Balaban J connectivity index is 2.74. The Kier molecular flexibility index (Phi) is 3.65. The first kappa shape index (κ1) is 13.5. The second-order valence-electron chi connectivity index (χ2n) is 3.78. The van der Waals surface area contributed by atoms with Crippen molar-refractivity contribution in [3.05, 3.63) is 33.5 Å². The van der Waals surface area contributed by atoms with Crippen LogP contribution in [0.5, 0.6) is 11.5 Å². The van der Waals surface area contributed by atoms with Gasteiger partial charge < -0.3 is 20.2 Å². The molecule has 0 amide bonds. The van der Waals surface area contributed by atoms with Crippen molar-refractivity contribution in [1.82, 2.24) is 9.97 Å². The Morgan fingerprint density at radius 2 is 1.85 bits per heavy atom. The van der Waals surface area contributed by atoms with Crippen LogP contribution in [0.1, 0.15) is 0 Å². The molecule has 0 aliphatic rings. The number of nitroso groups, excluding NO2 is 1. The number of aromatic nitrogens is 2. The number of rotatable bonds is 4. The molecule has 3 N–H and O–H groups in total. The Labute approximate surface area is 113 Å². The monoisotopic (exact) mass is 276 g/mol. The van der Waals surface area contributed by atoms with Crippen molar-refractivity contribution in [3.8, 4) is 22.9 Å². The quantitative estimate of drug-likeness (QED) is 0.815. The molecule has 1 heterocycles. The summed E-state index contributed by atoms with van der Waals surface area (Å²) in [4.78, 5) is 28.6. The molecule has 1 aromatic heterocycles. The highest BCUT2D eigenvalue weighted by molar-refractivity contribution is 5.73. The van der Waals surface area contributed by atoms with Crippen LogP contribution in [0.2, 0.25) is 0 Å². The van der Waals surface area contributed by atoms with E-state index in [0.717, 1.165) is 0 Å². The van der Waals surface area contributed by atoms with Gasteiger partial charge in [0, 0.05) is 0 Å². The lowest BCUT2D eigenvalue weighted by Crippen LogP contribution is -2.12. The highest BCUT2D eigenvalue weighted by Crippen LogP contribution is 2.36. The van der Waals surface area contributed by atoms with Crippen LogP contribution >= 0.6 is 0 Å². The molecular formula is C12H12N4O4. The summed E-state index contributed by atoms with van der Waals surface area (Å²) in [7, 11) is 2.95. The van der Waals surface area contributed by atoms with Gasteiger partial charge in [0.25, 0.3) is 5.56 Å². The zero-order valence-electron chi connectivity index (χ0n) is 10.8. The molecule has 0 aliphatic heterocycles. The molecule has 0 unspecified atom stereocenters. The molecule has 0 saturated carbocycles. The minimum absolute atomic E-state index is 0.134. The summed E-state index contributed by atoms with van der Waals surface area (Å²) in [6.07, 6.45) is 0. The molecular weight excluding hydrogens is 264 g/mol. The van der Waals surface area contributed by atoms with Gasteiger partial charge in [0.1, 0.15) is 22.9 Å². The summed E-state index contributed by atoms with van der Waals surface area (Å²) in [5.41, 5.74) is 4.79. The van der Waals surface area contributed by atoms with E-state index in [2.05, 4.69) is 15.1 Å². The maximum absolute atomic E-state index is 11.7. The van der Waals surface area contributed by atoms with Crippen molar-refractivity contribution in [2.45, 2.75) is 0 Å². The number of hydrogen-bond acceptors (Lipinski definition) is 7. The number of aromatic amines is 1. The number of nitrogen functional groups attached to an aromatic ring is 1. The fourth-order valence-corrected chi connectivity index (χ4v) is 1.78. The topological polar surface area (TPSA) is 120 Å². The Bertz CT molecular complexity index is 689. The maximum atomic E-state index is 11.7. The van der Waals surface area contributed by atoms with Gasteiger partial charge in [-0.1, -0.05) is 6.07 Å². The molecule has 0 bridgehead atoms. The van der Waals surface area contributed by atoms with Crippen molar-refractivity contribution in [1.29, 1.82) is 0 Å². The predicted octanol–water partition coefficient (Wildman–Crippen LogP) is 1.43. The number of anilines is 1. The molecule has 0 aliphatic carbocycles. The number of nitrogens with one attached hydrogen (secondary N) is 1. The van der Waals surface area contributed by atoms with E-state index in [1.165, 1.54) is 14.2 Å². The first-order valence-electron chi connectivity index (χ1n) is 5.56. The van der Waals surface area contributed by atoms with E-state index < -0.39 is 11.2 Å². The minimum Gasteiger partial charge on any atom is -0.496 e. The number of methoxy groups -OCH3 is 2. The smallest absolute Gasteiger partial charge is 0.282 e. The lowest BCUT2D eigenvalue weighted by molar-refractivity contribution is 0.397. The molecule has 2 aromatic rings. The van der Waals surface area contributed by atoms with Gasteiger partial charge in [-0.15, -0.1) is 4.91 Å². The van der Waals surface area contributed by atoms with Gasteiger partial charge in [-0.25, -0.2) is 4.98 Å². The highest BCUT2D eigenvalue weighted by atomic mass is 16.5. The van der Waals surface area contributed by atoms with Gasteiger partial charge in [-0.05, 0) is 17.3 Å². The molecule has 0 radical (unpaired) electrons. The summed E-state index contributed by atoms with van der Waals surface area (Å²) >= 11 is 0. The number of nitrogens with zero attached hydrogens (tertiary/aromatic N) is 2. The number of nitrogens with two attached hydrogens (primary N) is 1. The number of benzene rings is 1. The normalized spacial score (nSPS) is 10.1. The Morgan fingerprint density at radius 1 is 1.25 bits per heavy atom. The minimum atomic E-state index is -0.726. The van der Waals surface area contributed by atoms with Crippen molar-refractivity contribution < 1.29 is 9.47 Å². The standard InChI is InChI=1S/C12H12N4O4/c1-19-6-4-3-5-7(20-2)8(6)11-14-10(13)9(16-18)12(17)15-11/h3-5H,1-2H3,(H3,13,14,15,17). The van der Waals surface area contributed by atoms with Crippen molar-refractivity contribution in [2.24, 2.45) is 5.18 Å². The largest absolute Gasteiger partial charge is 0.496 e. The lowest BCUT2D eigenvalue weighted by atomic mass is 10.1. The summed E-state index contributed by atoms with van der Waals surface area (Å²) in [5, 5.41) is 2.55. The number of hydrogen-bond donors (Lipinski definition) is 2. The fraction of sp³-hybridized carbons (Fsp3) is 0.167. The summed E-state index contributed by atoms with van der Waals surface area (Å²) in [6, 6.07) is 5.09. The van der Waals surface area contributed by atoms with Crippen molar-refractivity contribution in [3.63, 3.8) is 0 Å². The molecule has 0 fully saturated rings. The van der Waals surface area contributed by atoms with Gasteiger partial charge in [-0.2, -0.15) is 0 Å². The lowest BCUT2D eigenvalue weighted by Gasteiger charge is -2.12. The Hall–Kier alpha value is -2.90. The molecule has 2 rings (SSSR count). The summed E-state index contributed by atoms with van der Waals surface area (Å²) < 4.78 is 10.4. The second kappa shape index (κ2) is 5.39. The van der Waals surface area contributed by atoms with Gasteiger partial charge in [0.15, 0.2) is 5.82 Å². The van der Waals surface area contributed by atoms with E-state index in [0.29, 0.717) is 17.1 Å². The molecule has 8 nitrogen and oxygen atoms in total. The van der Waals surface area contributed by atoms with E-state index >= 15 is 0 Å². The third-order valence-electron chi connectivity index (χ3n) is 2.68. The van der Waals surface area contributed by atoms with E-state index in [1.807, 2.05) is 0 Å². The van der Waals surface area contributed by atoms with Gasteiger partial charge in [-0.3, -0.25) is 4.79 Å². The summed E-state index contributed by atoms with van der Waals surface area (Å²) in [6.45, 7) is 0. The number of H-pyrrole nitrogens is 1. The van der Waals surface area contributed by atoms with Crippen molar-refractivity contribution >= 4 is 11.5 Å². The highest BCUT2D eigenvalue weighted by Gasteiger charge is 2.17. The first-order valence-corrected chi connectivity index (χ1v) is 5.56. The van der Waals surface area contributed by atoms with Crippen LogP contribution in [-0.4, -0.2) is 24.2 Å². The number of ether oxygens (including phenoxy) is 2. The third-order valence-corrected chi connectivity index (χ3v) is 2.68. The van der Waals surface area contributed by atoms with Crippen LogP contribution in [0, 0.1) is 4.91 Å². The van der Waals surface area contributed by atoms with E-state index in [9.17, 15) is 9.70 Å². The van der Waals surface area contributed by atoms with Crippen LogP contribution in [0.4, 0.5) is 11.5 Å². The molecule has 20 heavy (non-hydrogen) atoms. The van der Waals surface area contributed by atoms with E-state index in [-0.39, 0.29) is 11.6 Å². The average Bonchev–Trinajstić information content (AvgIpc) is 2.45. The first-order chi connectivity index (χ1) is 9.62. The van der Waals surface area contributed by atoms with E-state index in [1.54, 1.807) is 18.2 Å². The van der Waals surface area contributed by atoms with Crippen LogP contribution in [0.25, 0.3) is 11.4 Å².